The van der Waals surface area contributed by atoms with Gasteiger partial charge in [0.1, 0.15) is 0 Å². The second-order valence-corrected chi connectivity index (χ2v) is 9.43. The third-order valence-corrected chi connectivity index (χ3v) is 7.04. The van der Waals surface area contributed by atoms with E-state index in [1.807, 2.05) is 12.2 Å². The van der Waals surface area contributed by atoms with E-state index in [4.69, 9.17) is 5.14 Å². The zero-order chi connectivity index (χ0) is 20.8. The number of benzene rings is 1. The van der Waals surface area contributed by atoms with E-state index in [1.165, 1.54) is 17.0 Å². The number of nitrogens with two attached hydrogens (primary N) is 1. The Morgan fingerprint density at radius 2 is 1.66 bits per heavy atom. The van der Waals surface area contributed by atoms with Crippen molar-refractivity contribution in [3.63, 3.8) is 0 Å². The van der Waals surface area contributed by atoms with Crippen LogP contribution in [0.2, 0.25) is 0 Å². The van der Waals surface area contributed by atoms with E-state index in [0.29, 0.717) is 13.0 Å². The van der Waals surface area contributed by atoms with E-state index >= 15 is 0 Å². The molecular weight excluding hydrogens is 394 g/mol. The number of likely N-dealkylation sites (tertiary alicyclic amines) is 1. The molecule has 1 saturated heterocycles. The number of sulfonamides is 1. The molecule has 2 aliphatic carbocycles. The molecule has 4 unspecified atom stereocenters. The van der Waals surface area contributed by atoms with Crippen LogP contribution >= 0.6 is 0 Å². The second-order valence-electron chi connectivity index (χ2n) is 7.87. The van der Waals surface area contributed by atoms with Crippen LogP contribution in [0.5, 0.6) is 0 Å². The topological polar surface area (TPSA) is 127 Å². The SMILES string of the molecule is NS(=O)(=O)c1ccc(CCNC(=O)CCN2C(=O)C3C4C=CC(C4)C3C2=O)cc1. The molecule has 2 fully saturated rings. The zero-order valence-electron chi connectivity index (χ0n) is 15.8. The molecule has 1 heterocycles. The number of imide groups is 1. The van der Waals surface area contributed by atoms with E-state index in [0.717, 1.165) is 12.0 Å². The summed E-state index contributed by atoms with van der Waals surface area (Å²) in [6.45, 7) is 0.480. The Kier molecular flexibility index (Phi) is 5.04. The summed E-state index contributed by atoms with van der Waals surface area (Å²) in [7, 11) is -3.72. The summed E-state index contributed by atoms with van der Waals surface area (Å²) in [5.74, 6) is -0.646. The maximum Gasteiger partial charge on any atom is 0.238 e. The van der Waals surface area contributed by atoms with E-state index < -0.39 is 10.0 Å². The standard InChI is InChI=1S/C20H23N3O5S/c21-29(27,28)15-5-1-12(2-6-15)7-9-22-16(24)8-10-23-19(25)17-13-3-4-14(11-13)18(17)20(23)26/h1-6,13-14,17-18H,7-11H2,(H,22,24)(H2,21,27,28). The average Bonchev–Trinajstić information content (AvgIpc) is 3.34. The molecule has 1 aliphatic heterocycles. The number of hydrogen-bond acceptors (Lipinski definition) is 5. The van der Waals surface area contributed by atoms with E-state index in [9.17, 15) is 22.8 Å². The maximum absolute atomic E-state index is 12.6. The number of carbonyl (C=O) groups is 3. The molecule has 1 saturated carbocycles. The van der Waals surface area contributed by atoms with Gasteiger partial charge >= 0.3 is 0 Å². The molecule has 0 radical (unpaired) electrons. The first-order valence-corrected chi connectivity index (χ1v) is 11.2. The summed E-state index contributed by atoms with van der Waals surface area (Å²) in [5, 5.41) is 7.83. The smallest absolute Gasteiger partial charge is 0.238 e. The fourth-order valence-corrected chi connectivity index (χ4v) is 5.19. The third-order valence-electron chi connectivity index (χ3n) is 6.11. The van der Waals surface area contributed by atoms with Crippen LogP contribution in [0, 0.1) is 23.7 Å². The Labute approximate surface area is 169 Å². The number of allylic oxidation sites excluding steroid dienone is 2. The minimum Gasteiger partial charge on any atom is -0.356 e. The van der Waals surface area contributed by atoms with Gasteiger partial charge in [-0.05, 0) is 42.4 Å². The van der Waals surface area contributed by atoms with E-state index in [2.05, 4.69) is 5.32 Å². The Hall–Kier alpha value is -2.52. The highest BCUT2D eigenvalue weighted by molar-refractivity contribution is 7.89. The van der Waals surface area contributed by atoms with Gasteiger partial charge < -0.3 is 5.32 Å². The van der Waals surface area contributed by atoms with Gasteiger partial charge in [0.2, 0.25) is 27.7 Å². The van der Waals surface area contributed by atoms with Gasteiger partial charge in [-0.25, -0.2) is 13.6 Å². The maximum atomic E-state index is 12.6. The molecule has 3 N–H and O–H groups in total. The normalized spacial score (nSPS) is 27.6. The van der Waals surface area contributed by atoms with Gasteiger partial charge in [-0.2, -0.15) is 0 Å². The van der Waals surface area contributed by atoms with Crippen molar-refractivity contribution in [3.8, 4) is 0 Å². The van der Waals surface area contributed by atoms with Crippen LogP contribution in [0.25, 0.3) is 0 Å². The van der Waals surface area contributed by atoms with Crippen LogP contribution < -0.4 is 10.5 Å². The Morgan fingerprint density at radius 3 is 2.21 bits per heavy atom. The van der Waals surface area contributed by atoms with Gasteiger partial charge in [0.25, 0.3) is 0 Å². The number of primary sulfonamides is 1. The predicted octanol–water partition coefficient (Wildman–Crippen LogP) is 0.190. The molecule has 1 aromatic carbocycles. The van der Waals surface area contributed by atoms with Crippen LogP contribution in [-0.4, -0.2) is 44.1 Å². The molecule has 0 spiro atoms. The molecule has 2 bridgehead atoms. The van der Waals surface area contributed by atoms with Gasteiger partial charge in [0, 0.05) is 19.5 Å². The molecule has 29 heavy (non-hydrogen) atoms. The molecule has 4 rings (SSSR count). The molecule has 3 aliphatic rings. The first-order valence-electron chi connectivity index (χ1n) is 9.67. The quantitative estimate of drug-likeness (QED) is 0.484. The minimum atomic E-state index is -3.72. The molecule has 3 amide bonds. The highest BCUT2D eigenvalue weighted by Gasteiger charge is 2.58. The van der Waals surface area contributed by atoms with E-state index in [1.54, 1.807) is 12.1 Å². The number of amides is 3. The lowest BCUT2D eigenvalue weighted by atomic mass is 9.85. The van der Waals surface area contributed by atoms with Gasteiger partial charge in [-0.1, -0.05) is 24.3 Å². The first-order chi connectivity index (χ1) is 13.8. The number of nitrogens with zero attached hydrogens (tertiary/aromatic N) is 1. The molecular formula is C20H23N3O5S. The summed E-state index contributed by atoms with van der Waals surface area (Å²) in [6.07, 6.45) is 5.58. The lowest BCUT2D eigenvalue weighted by molar-refractivity contribution is -0.141. The van der Waals surface area contributed by atoms with Crippen molar-refractivity contribution in [1.82, 2.24) is 10.2 Å². The van der Waals surface area contributed by atoms with Crippen molar-refractivity contribution < 1.29 is 22.8 Å². The Balaban J connectivity index is 1.23. The molecule has 8 nitrogen and oxygen atoms in total. The van der Waals surface area contributed by atoms with Crippen molar-refractivity contribution in [1.29, 1.82) is 0 Å². The molecule has 1 aromatic rings. The van der Waals surface area contributed by atoms with Gasteiger partial charge in [-0.3, -0.25) is 19.3 Å². The minimum absolute atomic E-state index is 0.0404. The number of fused-ring (bicyclic) bond motifs is 5. The fourth-order valence-electron chi connectivity index (χ4n) is 4.68. The average molecular weight is 417 g/mol. The largest absolute Gasteiger partial charge is 0.356 e. The zero-order valence-corrected chi connectivity index (χ0v) is 16.6. The number of hydrogen-bond donors (Lipinski definition) is 2. The molecule has 0 aromatic heterocycles. The highest BCUT2D eigenvalue weighted by Crippen LogP contribution is 2.52. The first kappa shape index (κ1) is 19.8. The number of carbonyl (C=O) groups excluding carboxylic acids is 3. The summed E-state index contributed by atoms with van der Waals surface area (Å²) < 4.78 is 22.5. The van der Waals surface area contributed by atoms with Crippen LogP contribution in [0.3, 0.4) is 0 Å². The Morgan fingerprint density at radius 1 is 1.07 bits per heavy atom. The summed E-state index contributed by atoms with van der Waals surface area (Å²) in [4.78, 5) is 38.6. The van der Waals surface area contributed by atoms with Crippen molar-refractivity contribution >= 4 is 27.7 Å². The number of rotatable bonds is 7. The lowest BCUT2D eigenvalue weighted by Crippen LogP contribution is -2.37. The van der Waals surface area contributed by atoms with Crippen molar-refractivity contribution in [2.45, 2.75) is 24.2 Å². The van der Waals surface area contributed by atoms with Gasteiger partial charge in [0.05, 0.1) is 16.7 Å². The van der Waals surface area contributed by atoms with Crippen LogP contribution in [0.1, 0.15) is 18.4 Å². The highest BCUT2D eigenvalue weighted by atomic mass is 32.2. The summed E-state index contributed by atoms with van der Waals surface area (Å²) in [6, 6.07) is 6.15. The van der Waals surface area contributed by atoms with Crippen molar-refractivity contribution in [2.24, 2.45) is 28.8 Å². The fraction of sp³-hybridized carbons (Fsp3) is 0.450. The molecule has 9 heteroatoms. The van der Waals surface area contributed by atoms with Crippen molar-refractivity contribution in [3.05, 3.63) is 42.0 Å². The Bertz CT molecular complexity index is 956. The lowest BCUT2D eigenvalue weighted by Gasteiger charge is -2.16. The number of nitrogens with one attached hydrogen (secondary N) is 1. The van der Waals surface area contributed by atoms with Crippen LogP contribution in [0.4, 0.5) is 0 Å². The second kappa shape index (κ2) is 7.38. The third kappa shape index (κ3) is 3.72. The molecule has 154 valence electrons. The molecule has 4 atom stereocenters. The van der Waals surface area contributed by atoms with Gasteiger partial charge in [0.15, 0.2) is 0 Å². The van der Waals surface area contributed by atoms with E-state index in [-0.39, 0.29) is 59.3 Å². The van der Waals surface area contributed by atoms with Crippen molar-refractivity contribution in [2.75, 3.05) is 13.1 Å². The summed E-state index contributed by atoms with van der Waals surface area (Å²) in [5.41, 5.74) is 0.860. The predicted molar refractivity (Wildman–Crippen MR) is 104 cm³/mol. The van der Waals surface area contributed by atoms with Gasteiger partial charge in [-0.15, -0.1) is 0 Å². The summed E-state index contributed by atoms with van der Waals surface area (Å²) >= 11 is 0. The van der Waals surface area contributed by atoms with Crippen LogP contribution in [-0.2, 0) is 30.8 Å². The van der Waals surface area contributed by atoms with Crippen LogP contribution in [0.15, 0.2) is 41.3 Å². The monoisotopic (exact) mass is 417 g/mol.